The Morgan fingerprint density at radius 2 is 2.07 bits per heavy atom. The molecular formula is C11H18O4. The Bertz CT molecular complexity index is 252. The SMILES string of the molecule is CC(C)(C)C(=O)OC1CCOC(=O)CC1. The van der Waals surface area contributed by atoms with Gasteiger partial charge in [0.2, 0.25) is 0 Å². The van der Waals surface area contributed by atoms with E-state index in [1.165, 1.54) is 0 Å². The molecule has 1 fully saturated rings. The van der Waals surface area contributed by atoms with E-state index in [9.17, 15) is 9.59 Å². The van der Waals surface area contributed by atoms with Crippen LogP contribution in [0.3, 0.4) is 0 Å². The number of esters is 2. The van der Waals surface area contributed by atoms with Crippen LogP contribution in [0.15, 0.2) is 0 Å². The fraction of sp³-hybridized carbons (Fsp3) is 0.818. The monoisotopic (exact) mass is 214 g/mol. The molecule has 0 aromatic heterocycles. The zero-order chi connectivity index (χ0) is 11.5. The maximum absolute atomic E-state index is 11.6. The second-order valence-corrected chi connectivity index (χ2v) is 4.83. The number of cyclic esters (lactones) is 1. The van der Waals surface area contributed by atoms with Crippen LogP contribution in [0, 0.1) is 5.41 Å². The molecule has 86 valence electrons. The summed E-state index contributed by atoms with van der Waals surface area (Å²) >= 11 is 0. The highest BCUT2D eigenvalue weighted by molar-refractivity contribution is 5.75. The Kier molecular flexibility index (Phi) is 3.72. The lowest BCUT2D eigenvalue weighted by atomic mass is 9.97. The van der Waals surface area contributed by atoms with Gasteiger partial charge in [-0.1, -0.05) is 0 Å². The molecule has 0 amide bonds. The molecule has 4 nitrogen and oxygen atoms in total. The van der Waals surface area contributed by atoms with E-state index in [4.69, 9.17) is 9.47 Å². The summed E-state index contributed by atoms with van der Waals surface area (Å²) in [6, 6.07) is 0. The Labute approximate surface area is 89.9 Å². The molecule has 0 aromatic rings. The topological polar surface area (TPSA) is 52.6 Å². The average molecular weight is 214 g/mol. The van der Waals surface area contributed by atoms with Crippen molar-refractivity contribution < 1.29 is 19.1 Å². The van der Waals surface area contributed by atoms with Crippen LogP contribution in [0.1, 0.15) is 40.0 Å². The van der Waals surface area contributed by atoms with E-state index in [0.29, 0.717) is 25.9 Å². The highest BCUT2D eigenvalue weighted by Crippen LogP contribution is 2.20. The first-order valence-electron chi connectivity index (χ1n) is 5.26. The molecule has 0 bridgehead atoms. The van der Waals surface area contributed by atoms with Crippen LogP contribution in [-0.4, -0.2) is 24.6 Å². The van der Waals surface area contributed by atoms with E-state index >= 15 is 0 Å². The van der Waals surface area contributed by atoms with E-state index in [0.717, 1.165) is 0 Å². The lowest BCUT2D eigenvalue weighted by Gasteiger charge is -2.21. The summed E-state index contributed by atoms with van der Waals surface area (Å²) < 4.78 is 10.2. The van der Waals surface area contributed by atoms with Crippen LogP contribution in [0.4, 0.5) is 0 Å². The smallest absolute Gasteiger partial charge is 0.311 e. The zero-order valence-electron chi connectivity index (χ0n) is 9.54. The molecule has 0 aliphatic carbocycles. The average Bonchev–Trinajstić information content (AvgIpc) is 2.29. The quantitative estimate of drug-likeness (QED) is 0.623. The molecular weight excluding hydrogens is 196 g/mol. The van der Waals surface area contributed by atoms with Gasteiger partial charge in [0.25, 0.3) is 0 Å². The maximum Gasteiger partial charge on any atom is 0.311 e. The van der Waals surface area contributed by atoms with Crippen LogP contribution < -0.4 is 0 Å². The molecule has 4 heteroatoms. The van der Waals surface area contributed by atoms with E-state index < -0.39 is 5.41 Å². The Hall–Kier alpha value is -1.06. The third-order valence-corrected chi connectivity index (χ3v) is 2.26. The van der Waals surface area contributed by atoms with Gasteiger partial charge in [-0.3, -0.25) is 9.59 Å². The molecule has 1 heterocycles. The first kappa shape index (κ1) is 12.0. The van der Waals surface area contributed by atoms with Crippen molar-refractivity contribution in [2.24, 2.45) is 5.41 Å². The van der Waals surface area contributed by atoms with Gasteiger partial charge < -0.3 is 9.47 Å². The summed E-state index contributed by atoms with van der Waals surface area (Å²) in [5, 5.41) is 0. The lowest BCUT2D eigenvalue weighted by molar-refractivity contribution is -0.159. The van der Waals surface area contributed by atoms with Crippen LogP contribution in [-0.2, 0) is 19.1 Å². The fourth-order valence-electron chi connectivity index (χ4n) is 1.25. The van der Waals surface area contributed by atoms with Crippen LogP contribution in [0.2, 0.25) is 0 Å². The second-order valence-electron chi connectivity index (χ2n) is 4.83. The van der Waals surface area contributed by atoms with Crippen molar-refractivity contribution in [3.63, 3.8) is 0 Å². The van der Waals surface area contributed by atoms with Crippen molar-refractivity contribution in [1.29, 1.82) is 0 Å². The van der Waals surface area contributed by atoms with Gasteiger partial charge in [-0.25, -0.2) is 0 Å². The van der Waals surface area contributed by atoms with Crippen LogP contribution in [0.5, 0.6) is 0 Å². The summed E-state index contributed by atoms with van der Waals surface area (Å²) in [4.78, 5) is 22.5. The minimum atomic E-state index is -0.489. The molecule has 0 N–H and O–H groups in total. The Balaban J connectivity index is 2.45. The molecule has 1 unspecified atom stereocenters. The lowest BCUT2D eigenvalue weighted by Crippen LogP contribution is -2.28. The molecule has 1 rings (SSSR count). The number of hydrogen-bond donors (Lipinski definition) is 0. The molecule has 1 atom stereocenters. The summed E-state index contributed by atoms with van der Waals surface area (Å²) in [6.45, 7) is 5.79. The first-order valence-corrected chi connectivity index (χ1v) is 5.26. The number of hydrogen-bond acceptors (Lipinski definition) is 4. The van der Waals surface area contributed by atoms with E-state index in [-0.39, 0.29) is 18.0 Å². The fourth-order valence-corrected chi connectivity index (χ4v) is 1.25. The molecule has 1 saturated heterocycles. The summed E-state index contributed by atoms with van der Waals surface area (Å²) in [5.41, 5.74) is -0.489. The third-order valence-electron chi connectivity index (χ3n) is 2.26. The van der Waals surface area contributed by atoms with Crippen molar-refractivity contribution in [3.8, 4) is 0 Å². The van der Waals surface area contributed by atoms with Crippen molar-refractivity contribution in [1.82, 2.24) is 0 Å². The molecule has 0 spiro atoms. The van der Waals surface area contributed by atoms with Gasteiger partial charge in [0, 0.05) is 12.8 Å². The third kappa shape index (κ3) is 3.90. The van der Waals surface area contributed by atoms with Gasteiger partial charge in [0.05, 0.1) is 12.0 Å². The summed E-state index contributed by atoms with van der Waals surface area (Å²) in [6.07, 6.45) is 1.33. The second kappa shape index (κ2) is 4.64. The number of rotatable bonds is 1. The first-order chi connectivity index (χ1) is 6.89. The van der Waals surface area contributed by atoms with Gasteiger partial charge in [-0.15, -0.1) is 0 Å². The van der Waals surface area contributed by atoms with Crippen LogP contribution >= 0.6 is 0 Å². The predicted molar refractivity (Wildman–Crippen MR) is 54.1 cm³/mol. The molecule has 0 saturated carbocycles. The molecule has 1 aliphatic rings. The number of carbonyl (C=O) groups is 2. The minimum Gasteiger partial charge on any atom is -0.466 e. The van der Waals surface area contributed by atoms with E-state index in [2.05, 4.69) is 0 Å². The van der Waals surface area contributed by atoms with E-state index in [1.807, 2.05) is 20.8 Å². The van der Waals surface area contributed by atoms with Crippen molar-refractivity contribution in [2.45, 2.75) is 46.1 Å². The summed E-state index contributed by atoms with van der Waals surface area (Å²) in [5.74, 6) is -0.425. The highest BCUT2D eigenvalue weighted by atomic mass is 16.6. The van der Waals surface area contributed by atoms with Crippen molar-refractivity contribution >= 4 is 11.9 Å². The van der Waals surface area contributed by atoms with Gasteiger partial charge >= 0.3 is 11.9 Å². The molecule has 1 aliphatic heterocycles. The van der Waals surface area contributed by atoms with Gasteiger partial charge in [0.15, 0.2) is 0 Å². The van der Waals surface area contributed by atoms with Gasteiger partial charge in [-0.05, 0) is 27.2 Å². The largest absolute Gasteiger partial charge is 0.466 e. The van der Waals surface area contributed by atoms with Gasteiger partial charge in [0.1, 0.15) is 6.10 Å². The number of ether oxygens (including phenoxy) is 2. The van der Waals surface area contributed by atoms with Crippen molar-refractivity contribution in [2.75, 3.05) is 6.61 Å². The zero-order valence-corrected chi connectivity index (χ0v) is 9.54. The molecule has 0 aromatic carbocycles. The van der Waals surface area contributed by atoms with Crippen LogP contribution in [0.25, 0.3) is 0 Å². The van der Waals surface area contributed by atoms with E-state index in [1.54, 1.807) is 0 Å². The molecule has 15 heavy (non-hydrogen) atoms. The maximum atomic E-state index is 11.6. The minimum absolute atomic E-state index is 0.178. The summed E-state index contributed by atoms with van der Waals surface area (Å²) in [7, 11) is 0. The standard InChI is InChI=1S/C11H18O4/c1-11(2,3)10(13)15-8-4-5-9(12)14-7-6-8/h8H,4-7H2,1-3H3. The van der Waals surface area contributed by atoms with Crippen molar-refractivity contribution in [3.05, 3.63) is 0 Å². The molecule has 0 radical (unpaired) electrons. The highest BCUT2D eigenvalue weighted by Gasteiger charge is 2.27. The van der Waals surface area contributed by atoms with Gasteiger partial charge in [-0.2, -0.15) is 0 Å². The Morgan fingerprint density at radius 3 is 2.67 bits per heavy atom. The Morgan fingerprint density at radius 1 is 1.40 bits per heavy atom. The number of carbonyl (C=O) groups excluding carboxylic acids is 2. The normalized spacial score (nSPS) is 22.9. The predicted octanol–water partition coefficient (Wildman–Crippen LogP) is 1.67.